The molecule has 0 aliphatic carbocycles. The van der Waals surface area contributed by atoms with Crippen LogP contribution in [0.2, 0.25) is 5.02 Å². The van der Waals surface area contributed by atoms with E-state index in [-0.39, 0.29) is 17.0 Å². The van der Waals surface area contributed by atoms with Gasteiger partial charge < -0.3 is 10.3 Å². The van der Waals surface area contributed by atoms with E-state index in [0.717, 1.165) is 0 Å². The molecule has 17 heavy (non-hydrogen) atoms. The highest BCUT2D eigenvalue weighted by atomic mass is 35.5. The van der Waals surface area contributed by atoms with Gasteiger partial charge in [-0.25, -0.2) is 0 Å². The number of carbonyl (C=O) groups is 1. The molecule has 1 aromatic carbocycles. The Morgan fingerprint density at radius 3 is 2.76 bits per heavy atom. The number of carbonyl (C=O) groups excluding carboxylic acids is 1. The molecule has 2 N–H and O–H groups in total. The van der Waals surface area contributed by atoms with E-state index in [1.54, 1.807) is 24.3 Å². The minimum absolute atomic E-state index is 0.206. The molecule has 0 spiro atoms. The third kappa shape index (κ3) is 2.95. The number of H-pyrrole nitrogens is 1. The number of aromatic nitrogens is 1. The van der Waals surface area contributed by atoms with Crippen molar-refractivity contribution in [1.82, 2.24) is 4.98 Å². The summed E-state index contributed by atoms with van der Waals surface area (Å²) in [7, 11) is 0. The zero-order valence-electron chi connectivity index (χ0n) is 8.74. The van der Waals surface area contributed by atoms with E-state index in [1.807, 2.05) is 0 Å². The Hall–Kier alpha value is -2.07. The molecule has 86 valence electrons. The number of aromatic amines is 1. The number of pyridine rings is 1. The summed E-state index contributed by atoms with van der Waals surface area (Å²) < 4.78 is 0. The van der Waals surface area contributed by atoms with E-state index in [1.165, 1.54) is 18.3 Å². The second-order valence-electron chi connectivity index (χ2n) is 3.40. The van der Waals surface area contributed by atoms with Crippen LogP contribution < -0.4 is 10.7 Å². The van der Waals surface area contributed by atoms with Crippen molar-refractivity contribution in [3.05, 3.63) is 63.5 Å². The molecule has 2 rings (SSSR count). The zero-order valence-corrected chi connectivity index (χ0v) is 9.49. The second kappa shape index (κ2) is 4.84. The monoisotopic (exact) mass is 248 g/mol. The summed E-state index contributed by atoms with van der Waals surface area (Å²) in [6.07, 6.45) is 1.43. The van der Waals surface area contributed by atoms with E-state index >= 15 is 0 Å². The molecule has 5 heteroatoms. The maximum atomic E-state index is 11.8. The van der Waals surface area contributed by atoms with Crippen LogP contribution in [0, 0.1) is 0 Å². The van der Waals surface area contributed by atoms with Gasteiger partial charge >= 0.3 is 0 Å². The fourth-order valence-electron chi connectivity index (χ4n) is 1.34. The summed E-state index contributed by atoms with van der Waals surface area (Å²) in [4.78, 5) is 25.5. The van der Waals surface area contributed by atoms with Crippen LogP contribution in [0.3, 0.4) is 0 Å². The molecule has 1 aromatic heterocycles. The lowest BCUT2D eigenvalue weighted by atomic mass is 10.3. The molecular weight excluding hydrogens is 240 g/mol. The minimum atomic E-state index is -0.384. The Morgan fingerprint density at radius 2 is 2.06 bits per heavy atom. The average molecular weight is 249 g/mol. The molecule has 1 amide bonds. The van der Waals surface area contributed by atoms with Gasteiger partial charge in [0, 0.05) is 29.0 Å². The number of nitrogens with one attached hydrogen (secondary N) is 2. The minimum Gasteiger partial charge on any atom is -0.357 e. The summed E-state index contributed by atoms with van der Waals surface area (Å²) in [6.45, 7) is 0. The van der Waals surface area contributed by atoms with E-state index in [4.69, 9.17) is 11.6 Å². The average Bonchev–Trinajstić information content (AvgIpc) is 2.29. The van der Waals surface area contributed by atoms with Gasteiger partial charge in [0.1, 0.15) is 5.69 Å². The molecule has 0 bridgehead atoms. The van der Waals surface area contributed by atoms with Crippen molar-refractivity contribution in [2.24, 2.45) is 0 Å². The van der Waals surface area contributed by atoms with E-state index in [0.29, 0.717) is 10.7 Å². The number of rotatable bonds is 2. The van der Waals surface area contributed by atoms with Crippen LogP contribution in [0.4, 0.5) is 5.69 Å². The molecule has 1 heterocycles. The fraction of sp³-hybridized carbons (Fsp3) is 0. The molecule has 0 saturated heterocycles. The van der Waals surface area contributed by atoms with Crippen LogP contribution in [-0.2, 0) is 0 Å². The van der Waals surface area contributed by atoms with Crippen molar-refractivity contribution in [3.63, 3.8) is 0 Å². The van der Waals surface area contributed by atoms with Crippen molar-refractivity contribution in [1.29, 1.82) is 0 Å². The lowest BCUT2D eigenvalue weighted by Crippen LogP contribution is -2.16. The second-order valence-corrected chi connectivity index (χ2v) is 3.84. The van der Waals surface area contributed by atoms with Crippen molar-refractivity contribution in [2.75, 3.05) is 5.32 Å². The van der Waals surface area contributed by atoms with Gasteiger partial charge in [0.25, 0.3) is 5.91 Å². The summed E-state index contributed by atoms with van der Waals surface area (Å²) in [6, 6.07) is 9.36. The third-order valence-electron chi connectivity index (χ3n) is 2.10. The number of halogens is 1. The highest BCUT2D eigenvalue weighted by Crippen LogP contribution is 2.15. The summed E-state index contributed by atoms with van der Waals surface area (Å²) in [5.74, 6) is -0.384. The quantitative estimate of drug-likeness (QED) is 0.857. The summed E-state index contributed by atoms with van der Waals surface area (Å²) in [5, 5.41) is 3.16. The molecule has 4 nitrogen and oxygen atoms in total. The van der Waals surface area contributed by atoms with Gasteiger partial charge in [-0.15, -0.1) is 0 Å². The number of benzene rings is 1. The Labute approximate surface area is 102 Å². The van der Waals surface area contributed by atoms with E-state index < -0.39 is 0 Å². The van der Waals surface area contributed by atoms with Crippen LogP contribution in [0.25, 0.3) is 0 Å². The Bertz CT molecular complexity index is 607. The van der Waals surface area contributed by atoms with Gasteiger partial charge in [-0.05, 0) is 18.2 Å². The predicted molar refractivity (Wildman–Crippen MR) is 66.5 cm³/mol. The third-order valence-corrected chi connectivity index (χ3v) is 2.34. The lowest BCUT2D eigenvalue weighted by molar-refractivity contribution is 0.102. The number of anilines is 1. The van der Waals surface area contributed by atoms with Gasteiger partial charge in [0.15, 0.2) is 5.43 Å². The van der Waals surface area contributed by atoms with Gasteiger partial charge in [-0.3, -0.25) is 9.59 Å². The van der Waals surface area contributed by atoms with Crippen LogP contribution in [-0.4, -0.2) is 10.9 Å². The number of amides is 1. The van der Waals surface area contributed by atoms with Crippen molar-refractivity contribution >= 4 is 23.2 Å². The van der Waals surface area contributed by atoms with Gasteiger partial charge in [0.2, 0.25) is 0 Å². The molecular formula is C12H9ClN2O2. The summed E-state index contributed by atoms with van der Waals surface area (Å²) in [5.41, 5.74) is 0.560. The van der Waals surface area contributed by atoms with E-state index in [9.17, 15) is 9.59 Å². The Morgan fingerprint density at radius 1 is 1.24 bits per heavy atom. The van der Waals surface area contributed by atoms with Crippen molar-refractivity contribution < 1.29 is 4.79 Å². The van der Waals surface area contributed by atoms with E-state index in [2.05, 4.69) is 10.3 Å². The zero-order chi connectivity index (χ0) is 12.3. The summed E-state index contributed by atoms with van der Waals surface area (Å²) >= 11 is 5.79. The first-order valence-electron chi connectivity index (χ1n) is 4.91. The standard InChI is InChI=1S/C12H9ClN2O2/c13-8-2-1-3-9(6-8)15-12(17)11-7-10(16)4-5-14-11/h1-7H,(H,14,16)(H,15,17). The molecule has 0 unspecified atom stereocenters. The number of hydrogen-bond donors (Lipinski definition) is 2. The number of hydrogen-bond acceptors (Lipinski definition) is 2. The first-order valence-corrected chi connectivity index (χ1v) is 5.28. The van der Waals surface area contributed by atoms with Gasteiger partial charge in [-0.1, -0.05) is 17.7 Å². The molecule has 0 aliphatic rings. The Balaban J connectivity index is 2.20. The molecule has 0 saturated carbocycles. The SMILES string of the molecule is O=C(Nc1cccc(Cl)c1)c1cc(=O)cc[nH]1. The van der Waals surface area contributed by atoms with Gasteiger partial charge in [0.05, 0.1) is 0 Å². The topological polar surface area (TPSA) is 62.0 Å². The van der Waals surface area contributed by atoms with Crippen LogP contribution in [0.15, 0.2) is 47.4 Å². The van der Waals surface area contributed by atoms with Crippen LogP contribution >= 0.6 is 11.6 Å². The van der Waals surface area contributed by atoms with Crippen LogP contribution in [0.1, 0.15) is 10.5 Å². The van der Waals surface area contributed by atoms with Crippen molar-refractivity contribution in [3.8, 4) is 0 Å². The lowest BCUT2D eigenvalue weighted by Gasteiger charge is -2.04. The van der Waals surface area contributed by atoms with Crippen molar-refractivity contribution in [2.45, 2.75) is 0 Å². The maximum absolute atomic E-state index is 11.8. The largest absolute Gasteiger partial charge is 0.357 e. The smallest absolute Gasteiger partial charge is 0.272 e. The Kier molecular flexibility index (Phi) is 3.25. The normalized spacial score (nSPS) is 9.94. The first kappa shape index (κ1) is 11.4. The first-order chi connectivity index (χ1) is 8.15. The fourth-order valence-corrected chi connectivity index (χ4v) is 1.53. The molecule has 2 aromatic rings. The highest BCUT2D eigenvalue weighted by Gasteiger charge is 2.06. The molecule has 0 fully saturated rings. The highest BCUT2D eigenvalue weighted by molar-refractivity contribution is 6.30. The predicted octanol–water partition coefficient (Wildman–Crippen LogP) is 2.28. The van der Waals surface area contributed by atoms with Gasteiger partial charge in [-0.2, -0.15) is 0 Å². The molecule has 0 atom stereocenters. The molecule has 0 radical (unpaired) electrons. The van der Waals surface area contributed by atoms with Crippen LogP contribution in [0.5, 0.6) is 0 Å². The molecule has 0 aliphatic heterocycles. The maximum Gasteiger partial charge on any atom is 0.272 e.